The first-order valence-corrected chi connectivity index (χ1v) is 13.6. The quantitative estimate of drug-likeness (QED) is 0.433. The second kappa shape index (κ2) is 11.1. The third kappa shape index (κ3) is 5.69. The predicted octanol–water partition coefficient (Wildman–Crippen LogP) is 3.12. The van der Waals surface area contributed by atoms with Gasteiger partial charge in [0, 0.05) is 49.0 Å². The number of sulfonamides is 1. The molecule has 0 bridgehead atoms. The van der Waals surface area contributed by atoms with Crippen LogP contribution in [0.3, 0.4) is 0 Å². The van der Waals surface area contributed by atoms with Gasteiger partial charge >= 0.3 is 0 Å². The molecule has 1 atom stereocenters. The summed E-state index contributed by atoms with van der Waals surface area (Å²) in [6, 6.07) is 10.4. The Kier molecular flexibility index (Phi) is 8.10. The standard InChI is InChI=1S/C23H26N4O5S2.ClH/c1-30-22-5-3-18-23(26-22)19(6-8-24-18)27-10-7-16(15-27)33-13-9-25-34(28,29)17-2-4-20-21(14-17)32-12-11-31-20;/h2-6,8,14,16,25H,7,9-13,15H2,1H3;1H. The second-order valence-corrected chi connectivity index (χ2v) is 11.2. The lowest BCUT2D eigenvalue weighted by atomic mass is 10.2. The molecule has 4 heterocycles. The zero-order valence-corrected chi connectivity index (χ0v) is 21.6. The van der Waals surface area contributed by atoms with Gasteiger partial charge in [-0.2, -0.15) is 11.8 Å². The molecule has 188 valence electrons. The summed E-state index contributed by atoms with van der Waals surface area (Å²) in [6.45, 7) is 3.03. The molecule has 0 saturated carbocycles. The van der Waals surface area contributed by atoms with Crippen LogP contribution in [0, 0.1) is 0 Å². The van der Waals surface area contributed by atoms with Gasteiger partial charge in [0.25, 0.3) is 0 Å². The Morgan fingerprint density at radius 1 is 1.17 bits per heavy atom. The largest absolute Gasteiger partial charge is 0.486 e. The third-order valence-corrected chi connectivity index (χ3v) is 8.56. The minimum absolute atomic E-state index is 0. The molecule has 0 amide bonds. The summed E-state index contributed by atoms with van der Waals surface area (Å²) in [4.78, 5) is 11.5. The summed E-state index contributed by atoms with van der Waals surface area (Å²) in [5, 5.41) is 0.410. The highest BCUT2D eigenvalue weighted by Crippen LogP contribution is 2.33. The van der Waals surface area contributed by atoms with Gasteiger partial charge in [0.15, 0.2) is 11.5 Å². The van der Waals surface area contributed by atoms with E-state index in [2.05, 4.69) is 19.6 Å². The Morgan fingerprint density at radius 3 is 2.83 bits per heavy atom. The SMILES string of the molecule is COc1ccc2nccc(N3CCC(SCCNS(=O)(=O)c4ccc5c(c4)OCCO5)C3)c2n1.Cl. The van der Waals surface area contributed by atoms with Gasteiger partial charge in [0.1, 0.15) is 18.7 Å². The average Bonchev–Trinajstić information content (AvgIpc) is 3.34. The maximum Gasteiger partial charge on any atom is 0.240 e. The molecule has 1 saturated heterocycles. The van der Waals surface area contributed by atoms with Gasteiger partial charge in [-0.15, -0.1) is 12.4 Å². The van der Waals surface area contributed by atoms with Crippen molar-refractivity contribution in [2.75, 3.05) is 50.6 Å². The van der Waals surface area contributed by atoms with Crippen molar-refractivity contribution in [3.63, 3.8) is 0 Å². The number of pyridine rings is 2. The van der Waals surface area contributed by atoms with Crippen LogP contribution in [0.5, 0.6) is 17.4 Å². The van der Waals surface area contributed by atoms with E-state index in [-0.39, 0.29) is 17.3 Å². The molecule has 1 N–H and O–H groups in total. The van der Waals surface area contributed by atoms with Crippen LogP contribution in [0.1, 0.15) is 6.42 Å². The summed E-state index contributed by atoms with van der Waals surface area (Å²) in [5.41, 5.74) is 2.72. The van der Waals surface area contributed by atoms with E-state index in [4.69, 9.17) is 14.2 Å². The molecule has 9 nitrogen and oxygen atoms in total. The van der Waals surface area contributed by atoms with Crippen LogP contribution in [-0.4, -0.2) is 69.3 Å². The molecular weight excluding hydrogens is 512 g/mol. The normalized spacial score (nSPS) is 17.3. The highest BCUT2D eigenvalue weighted by molar-refractivity contribution is 8.00. The zero-order chi connectivity index (χ0) is 23.5. The smallest absolute Gasteiger partial charge is 0.240 e. The lowest BCUT2D eigenvalue weighted by molar-refractivity contribution is 0.171. The molecular formula is C23H27ClN4O5S2. The van der Waals surface area contributed by atoms with Crippen molar-refractivity contribution in [3.8, 4) is 17.4 Å². The molecule has 1 unspecified atom stereocenters. The van der Waals surface area contributed by atoms with E-state index >= 15 is 0 Å². The number of nitrogens with one attached hydrogen (secondary N) is 1. The average molecular weight is 539 g/mol. The summed E-state index contributed by atoms with van der Waals surface area (Å²) in [5.74, 6) is 2.29. The van der Waals surface area contributed by atoms with Crippen molar-refractivity contribution < 1.29 is 22.6 Å². The van der Waals surface area contributed by atoms with E-state index in [0.29, 0.717) is 48.1 Å². The topological polar surface area (TPSA) is 103 Å². The highest BCUT2D eigenvalue weighted by atomic mass is 35.5. The number of ether oxygens (including phenoxy) is 3. The molecule has 2 aliphatic rings. The molecule has 1 aromatic carbocycles. The van der Waals surface area contributed by atoms with Gasteiger partial charge < -0.3 is 19.1 Å². The number of fused-ring (bicyclic) bond motifs is 2. The number of nitrogens with zero attached hydrogens (tertiary/aromatic N) is 3. The first-order valence-electron chi connectivity index (χ1n) is 11.1. The van der Waals surface area contributed by atoms with Gasteiger partial charge in [0.2, 0.25) is 15.9 Å². The molecule has 1 fully saturated rings. The van der Waals surface area contributed by atoms with Crippen LogP contribution in [0.4, 0.5) is 5.69 Å². The van der Waals surface area contributed by atoms with Crippen LogP contribution in [0.15, 0.2) is 47.5 Å². The Morgan fingerprint density at radius 2 is 2.00 bits per heavy atom. The first kappa shape index (κ1) is 25.6. The number of hydrogen-bond acceptors (Lipinski definition) is 9. The number of rotatable bonds is 8. The number of methoxy groups -OCH3 is 1. The fourth-order valence-corrected chi connectivity index (χ4v) is 6.41. The Hall–Kier alpha value is -2.47. The number of halogens is 1. The van der Waals surface area contributed by atoms with Crippen LogP contribution < -0.4 is 23.8 Å². The maximum absolute atomic E-state index is 12.7. The molecule has 0 aliphatic carbocycles. The minimum Gasteiger partial charge on any atom is -0.486 e. The lowest BCUT2D eigenvalue weighted by Crippen LogP contribution is -2.27. The Labute approximate surface area is 215 Å². The first-order chi connectivity index (χ1) is 16.5. The predicted molar refractivity (Wildman–Crippen MR) is 139 cm³/mol. The van der Waals surface area contributed by atoms with E-state index in [0.717, 1.165) is 36.2 Å². The van der Waals surface area contributed by atoms with E-state index < -0.39 is 10.0 Å². The highest BCUT2D eigenvalue weighted by Gasteiger charge is 2.25. The van der Waals surface area contributed by atoms with Gasteiger partial charge in [0.05, 0.1) is 23.2 Å². The van der Waals surface area contributed by atoms with Crippen molar-refractivity contribution in [1.82, 2.24) is 14.7 Å². The van der Waals surface area contributed by atoms with Crippen molar-refractivity contribution >= 4 is 50.9 Å². The summed E-state index contributed by atoms with van der Waals surface area (Å²) in [6.07, 6.45) is 2.83. The lowest BCUT2D eigenvalue weighted by Gasteiger charge is -2.20. The number of aromatic nitrogens is 2. The monoisotopic (exact) mass is 538 g/mol. The molecule has 2 aromatic heterocycles. The van der Waals surface area contributed by atoms with Crippen molar-refractivity contribution in [2.45, 2.75) is 16.6 Å². The molecule has 35 heavy (non-hydrogen) atoms. The van der Waals surface area contributed by atoms with E-state index in [1.807, 2.05) is 18.2 Å². The fraction of sp³-hybridized carbons (Fsp3) is 0.391. The van der Waals surface area contributed by atoms with E-state index in [1.165, 1.54) is 6.07 Å². The number of anilines is 1. The minimum atomic E-state index is -3.61. The van der Waals surface area contributed by atoms with Crippen LogP contribution in [0.2, 0.25) is 0 Å². The van der Waals surface area contributed by atoms with E-state index in [1.54, 1.807) is 37.2 Å². The van der Waals surface area contributed by atoms with Crippen LogP contribution in [0.25, 0.3) is 11.0 Å². The summed E-state index contributed by atoms with van der Waals surface area (Å²) >= 11 is 1.78. The summed E-state index contributed by atoms with van der Waals surface area (Å²) < 4.78 is 44.3. The van der Waals surface area contributed by atoms with Gasteiger partial charge in [-0.25, -0.2) is 18.1 Å². The Balaban J connectivity index is 0.00000289. The second-order valence-electron chi connectivity index (χ2n) is 7.98. The van der Waals surface area contributed by atoms with Gasteiger partial charge in [-0.05, 0) is 30.7 Å². The van der Waals surface area contributed by atoms with Crippen molar-refractivity contribution in [3.05, 3.63) is 42.6 Å². The zero-order valence-electron chi connectivity index (χ0n) is 19.2. The van der Waals surface area contributed by atoms with Gasteiger partial charge in [-0.3, -0.25) is 4.98 Å². The van der Waals surface area contributed by atoms with Crippen molar-refractivity contribution in [1.29, 1.82) is 0 Å². The number of thioether (sulfide) groups is 1. The number of hydrogen-bond donors (Lipinski definition) is 1. The Bertz CT molecular complexity index is 1290. The molecule has 0 spiro atoms. The molecule has 0 radical (unpaired) electrons. The third-order valence-electron chi connectivity index (χ3n) is 5.80. The molecule has 5 rings (SSSR count). The van der Waals surface area contributed by atoms with Crippen LogP contribution in [-0.2, 0) is 10.0 Å². The molecule has 2 aliphatic heterocycles. The van der Waals surface area contributed by atoms with E-state index in [9.17, 15) is 8.42 Å². The maximum atomic E-state index is 12.7. The summed E-state index contributed by atoms with van der Waals surface area (Å²) in [7, 11) is -2.00. The van der Waals surface area contributed by atoms with Gasteiger partial charge in [-0.1, -0.05) is 0 Å². The number of benzene rings is 1. The van der Waals surface area contributed by atoms with Crippen molar-refractivity contribution in [2.24, 2.45) is 0 Å². The van der Waals surface area contributed by atoms with Crippen LogP contribution >= 0.6 is 24.2 Å². The molecule has 3 aromatic rings. The fourth-order valence-electron chi connectivity index (χ4n) is 4.12. The molecule has 12 heteroatoms.